The van der Waals surface area contributed by atoms with Gasteiger partial charge in [-0.1, -0.05) is 11.6 Å². The quantitative estimate of drug-likeness (QED) is 0.668. The molecular formula is C9H10ClIN2O. The number of halogens is 2. The normalized spacial score (nSPS) is 10.4. The molecule has 3 nitrogen and oxygen atoms in total. The molecule has 0 saturated heterocycles. The molecule has 76 valence electrons. The third-order valence-corrected chi connectivity index (χ3v) is 3.08. The third-order valence-electron chi connectivity index (χ3n) is 1.51. The summed E-state index contributed by atoms with van der Waals surface area (Å²) in [6.45, 7) is 0. The van der Waals surface area contributed by atoms with Crippen LogP contribution in [0.2, 0.25) is 5.02 Å². The second-order valence-electron chi connectivity index (χ2n) is 2.96. The van der Waals surface area contributed by atoms with Crippen LogP contribution in [0.1, 0.15) is 10.4 Å². The molecule has 0 fully saturated rings. The van der Waals surface area contributed by atoms with Crippen LogP contribution in [0.3, 0.4) is 0 Å². The second kappa shape index (κ2) is 4.95. The summed E-state index contributed by atoms with van der Waals surface area (Å²) in [5.41, 5.74) is 3.20. The lowest BCUT2D eigenvalue weighted by molar-refractivity contribution is 0.0857. The van der Waals surface area contributed by atoms with E-state index in [4.69, 9.17) is 11.6 Å². The molecule has 0 bridgehead atoms. The molecule has 0 saturated carbocycles. The first-order chi connectivity index (χ1) is 6.50. The number of hydrogen-bond acceptors (Lipinski definition) is 2. The van der Waals surface area contributed by atoms with Crippen molar-refractivity contribution in [1.29, 1.82) is 0 Å². The lowest BCUT2D eigenvalue weighted by Crippen LogP contribution is -2.36. The van der Waals surface area contributed by atoms with Crippen molar-refractivity contribution in [3.8, 4) is 0 Å². The van der Waals surface area contributed by atoms with Crippen LogP contribution in [-0.2, 0) is 0 Å². The van der Waals surface area contributed by atoms with E-state index < -0.39 is 0 Å². The van der Waals surface area contributed by atoms with E-state index in [0.717, 1.165) is 3.57 Å². The molecule has 5 heteroatoms. The highest BCUT2D eigenvalue weighted by Crippen LogP contribution is 2.19. The van der Waals surface area contributed by atoms with Crippen molar-refractivity contribution < 1.29 is 4.79 Å². The summed E-state index contributed by atoms with van der Waals surface area (Å²) in [6, 6.07) is 5.21. The van der Waals surface area contributed by atoms with Gasteiger partial charge in [0.05, 0.1) is 5.02 Å². The smallest absolute Gasteiger partial charge is 0.265 e. The van der Waals surface area contributed by atoms with Crippen LogP contribution < -0.4 is 5.43 Å². The molecule has 1 amide bonds. The van der Waals surface area contributed by atoms with E-state index >= 15 is 0 Å². The Kier molecular flexibility index (Phi) is 4.15. The van der Waals surface area contributed by atoms with Crippen molar-refractivity contribution in [2.75, 3.05) is 14.1 Å². The van der Waals surface area contributed by atoms with Gasteiger partial charge in [-0.25, -0.2) is 5.01 Å². The van der Waals surface area contributed by atoms with Gasteiger partial charge in [-0.3, -0.25) is 10.2 Å². The number of nitrogens with one attached hydrogen (secondary N) is 1. The van der Waals surface area contributed by atoms with E-state index in [2.05, 4.69) is 28.0 Å². The van der Waals surface area contributed by atoms with Crippen LogP contribution in [0.15, 0.2) is 18.2 Å². The van der Waals surface area contributed by atoms with Crippen molar-refractivity contribution >= 4 is 40.1 Å². The van der Waals surface area contributed by atoms with Gasteiger partial charge in [0.25, 0.3) is 5.91 Å². The molecule has 0 aliphatic heterocycles. The lowest BCUT2D eigenvalue weighted by atomic mass is 10.2. The Balaban J connectivity index is 2.86. The molecule has 0 spiro atoms. The summed E-state index contributed by atoms with van der Waals surface area (Å²) in [5.74, 6) is -0.159. The highest BCUT2D eigenvalue weighted by atomic mass is 127. The minimum Gasteiger partial charge on any atom is -0.285 e. The first kappa shape index (κ1) is 11.7. The monoisotopic (exact) mass is 324 g/mol. The molecule has 1 N–H and O–H groups in total. The Labute approximate surface area is 102 Å². The Morgan fingerprint density at radius 2 is 2.14 bits per heavy atom. The number of carbonyl (C=O) groups excluding carboxylic acids is 1. The SMILES string of the molecule is CN(C)NC(=O)c1ccc(I)c(Cl)c1. The van der Waals surface area contributed by atoms with Gasteiger partial charge < -0.3 is 0 Å². The van der Waals surface area contributed by atoms with Crippen LogP contribution in [0.25, 0.3) is 0 Å². The topological polar surface area (TPSA) is 32.3 Å². The zero-order valence-corrected chi connectivity index (χ0v) is 10.8. The van der Waals surface area contributed by atoms with Crippen LogP contribution in [0.4, 0.5) is 0 Å². The third kappa shape index (κ3) is 3.11. The molecule has 0 aromatic heterocycles. The highest BCUT2D eigenvalue weighted by molar-refractivity contribution is 14.1. The zero-order chi connectivity index (χ0) is 10.7. The van der Waals surface area contributed by atoms with Crippen LogP contribution in [-0.4, -0.2) is 25.0 Å². The van der Waals surface area contributed by atoms with E-state index in [1.807, 2.05) is 6.07 Å². The van der Waals surface area contributed by atoms with Gasteiger partial charge in [0.1, 0.15) is 0 Å². The van der Waals surface area contributed by atoms with Gasteiger partial charge in [0, 0.05) is 23.2 Å². The van der Waals surface area contributed by atoms with Gasteiger partial charge in [-0.2, -0.15) is 0 Å². The Hall–Kier alpha value is -0.330. The number of amides is 1. The number of carbonyl (C=O) groups is 1. The molecule has 14 heavy (non-hydrogen) atoms. The number of hydrogen-bond donors (Lipinski definition) is 1. The Morgan fingerprint density at radius 3 is 2.64 bits per heavy atom. The fraction of sp³-hybridized carbons (Fsp3) is 0.222. The number of nitrogens with zero attached hydrogens (tertiary/aromatic N) is 1. The van der Waals surface area contributed by atoms with E-state index in [1.165, 1.54) is 0 Å². The maximum absolute atomic E-state index is 11.5. The molecule has 1 rings (SSSR count). The first-order valence-corrected chi connectivity index (χ1v) is 5.39. The number of benzene rings is 1. The van der Waals surface area contributed by atoms with Gasteiger partial charge in [0.15, 0.2) is 0 Å². The molecule has 0 radical (unpaired) electrons. The van der Waals surface area contributed by atoms with Crippen LogP contribution in [0, 0.1) is 3.57 Å². The summed E-state index contributed by atoms with van der Waals surface area (Å²) in [5, 5.41) is 2.19. The summed E-state index contributed by atoms with van der Waals surface area (Å²) in [6.07, 6.45) is 0. The molecule has 0 aliphatic carbocycles. The van der Waals surface area contributed by atoms with E-state index in [-0.39, 0.29) is 5.91 Å². The molecular weight excluding hydrogens is 314 g/mol. The summed E-state index contributed by atoms with van der Waals surface area (Å²) >= 11 is 8.01. The Bertz CT molecular complexity index is 355. The number of rotatable bonds is 2. The van der Waals surface area contributed by atoms with E-state index in [9.17, 15) is 4.79 Å². The summed E-state index contributed by atoms with van der Waals surface area (Å²) in [4.78, 5) is 11.5. The predicted octanol–water partition coefficient (Wildman–Crippen LogP) is 2.15. The zero-order valence-electron chi connectivity index (χ0n) is 7.84. The van der Waals surface area contributed by atoms with Crippen molar-refractivity contribution in [1.82, 2.24) is 10.4 Å². The van der Waals surface area contributed by atoms with Crippen LogP contribution in [0.5, 0.6) is 0 Å². The maximum atomic E-state index is 11.5. The first-order valence-electron chi connectivity index (χ1n) is 3.94. The van der Waals surface area contributed by atoms with Gasteiger partial charge in [0.2, 0.25) is 0 Å². The molecule has 0 heterocycles. The molecule has 0 unspecified atom stereocenters. The minimum atomic E-state index is -0.159. The maximum Gasteiger partial charge on any atom is 0.265 e. The van der Waals surface area contributed by atoms with Crippen LogP contribution >= 0.6 is 34.2 Å². The molecule has 0 atom stereocenters. The Morgan fingerprint density at radius 1 is 1.50 bits per heavy atom. The van der Waals surface area contributed by atoms with Gasteiger partial charge in [-0.15, -0.1) is 0 Å². The average Bonchev–Trinajstić information content (AvgIpc) is 2.08. The van der Waals surface area contributed by atoms with Crippen molar-refractivity contribution in [2.45, 2.75) is 0 Å². The van der Waals surface area contributed by atoms with E-state index in [0.29, 0.717) is 10.6 Å². The van der Waals surface area contributed by atoms with Crippen molar-refractivity contribution in [2.24, 2.45) is 0 Å². The average molecular weight is 325 g/mol. The summed E-state index contributed by atoms with van der Waals surface area (Å²) in [7, 11) is 3.51. The van der Waals surface area contributed by atoms with E-state index in [1.54, 1.807) is 31.2 Å². The number of hydrazine groups is 1. The van der Waals surface area contributed by atoms with Gasteiger partial charge >= 0.3 is 0 Å². The van der Waals surface area contributed by atoms with Gasteiger partial charge in [-0.05, 0) is 40.8 Å². The summed E-state index contributed by atoms with van der Waals surface area (Å²) < 4.78 is 0.936. The fourth-order valence-corrected chi connectivity index (χ4v) is 1.42. The standard InChI is InChI=1S/C9H10ClIN2O/c1-13(2)12-9(14)6-3-4-8(11)7(10)5-6/h3-5H,1-2H3,(H,12,14). The lowest BCUT2D eigenvalue weighted by Gasteiger charge is -2.11. The van der Waals surface area contributed by atoms with Crippen molar-refractivity contribution in [3.63, 3.8) is 0 Å². The molecule has 0 aliphatic rings. The molecule has 1 aromatic carbocycles. The fourth-order valence-electron chi connectivity index (χ4n) is 0.905. The predicted molar refractivity (Wildman–Crippen MR) is 65.3 cm³/mol. The largest absolute Gasteiger partial charge is 0.285 e. The molecule has 1 aromatic rings. The second-order valence-corrected chi connectivity index (χ2v) is 4.53. The highest BCUT2D eigenvalue weighted by Gasteiger charge is 2.07. The van der Waals surface area contributed by atoms with Crippen molar-refractivity contribution in [3.05, 3.63) is 32.4 Å². The minimum absolute atomic E-state index is 0.159.